The largest absolute Gasteiger partial charge is 0.463 e. The Morgan fingerprint density at radius 2 is 1.54 bits per heavy atom. The van der Waals surface area contributed by atoms with Gasteiger partial charge in [-0.25, -0.2) is 0 Å². The molecule has 0 aromatic heterocycles. The van der Waals surface area contributed by atoms with Crippen LogP contribution in [0.1, 0.15) is 27.2 Å². The molecule has 1 aliphatic rings. The van der Waals surface area contributed by atoms with E-state index in [1.165, 1.54) is 6.92 Å². The monoisotopic (exact) mass is 525 g/mol. The zero-order chi connectivity index (χ0) is 21.6. The van der Waals surface area contributed by atoms with Gasteiger partial charge in [0.1, 0.15) is 23.8 Å². The van der Waals surface area contributed by atoms with E-state index in [1.54, 1.807) is 0 Å². The highest BCUT2D eigenvalue weighted by atomic mass is 79.9. The lowest BCUT2D eigenvalue weighted by atomic mass is 9.97. The summed E-state index contributed by atoms with van der Waals surface area (Å²) in [5, 5.41) is 1.63. The molecule has 0 aliphatic carbocycles. The Hall–Kier alpha value is -0.810. The number of hydrogen-bond acceptors (Lipinski definition) is 8. The van der Waals surface area contributed by atoms with Gasteiger partial charge in [0, 0.05) is 20.8 Å². The first-order valence-corrected chi connectivity index (χ1v) is 9.98. The summed E-state index contributed by atoms with van der Waals surface area (Å²) in [6.07, 6.45) is -3.79. The first-order valence-electron chi connectivity index (χ1n) is 7.93. The number of alkyl halides is 4. The van der Waals surface area contributed by atoms with Gasteiger partial charge in [-0.15, -0.1) is 0 Å². The van der Waals surface area contributed by atoms with Crippen molar-refractivity contribution in [1.29, 1.82) is 0 Å². The molecule has 0 saturated carbocycles. The van der Waals surface area contributed by atoms with Crippen LogP contribution in [0.4, 0.5) is 0 Å². The van der Waals surface area contributed by atoms with Crippen molar-refractivity contribution in [3.63, 3.8) is 0 Å². The van der Waals surface area contributed by atoms with Gasteiger partial charge >= 0.3 is 17.9 Å². The summed E-state index contributed by atoms with van der Waals surface area (Å²) >= 11 is 20.1. The quantitative estimate of drug-likeness (QED) is 0.316. The number of esters is 3. The molecule has 0 aromatic carbocycles. The van der Waals surface area contributed by atoms with Crippen LogP contribution in [0.5, 0.6) is 0 Å². The number of amides is 1. The van der Waals surface area contributed by atoms with Crippen LogP contribution in [0.15, 0.2) is 0 Å². The molecule has 0 bridgehead atoms. The third-order valence-corrected chi connectivity index (χ3v) is 4.56. The molecular weight excluding hydrogens is 508 g/mol. The molecule has 0 radical (unpaired) electrons. The van der Waals surface area contributed by atoms with Crippen molar-refractivity contribution in [3.05, 3.63) is 0 Å². The molecule has 0 aromatic rings. The van der Waals surface area contributed by atoms with Gasteiger partial charge in [-0.2, -0.15) is 0 Å². The van der Waals surface area contributed by atoms with Gasteiger partial charge in [0.05, 0.1) is 6.42 Å². The van der Waals surface area contributed by atoms with Crippen LogP contribution in [0, 0.1) is 0 Å². The SMILES string of the molecule is CC(=O)OC[C@H]1O[C@H](Br)[C@H](NC(=O)CC(Cl)(Cl)Cl)[C@@H](OC(C)=O)[C@@H]1OC(C)=O. The highest BCUT2D eigenvalue weighted by Gasteiger charge is 2.50. The maximum Gasteiger partial charge on any atom is 0.303 e. The second-order valence-electron chi connectivity index (χ2n) is 5.86. The Morgan fingerprint density at radius 3 is 2.00 bits per heavy atom. The first kappa shape index (κ1) is 25.2. The molecule has 1 fully saturated rings. The third-order valence-electron chi connectivity index (χ3n) is 3.37. The summed E-state index contributed by atoms with van der Waals surface area (Å²) in [5.41, 5.74) is 0. The standard InChI is InChI=1S/C15H19BrCl3NO8/c1-6(21)25-5-9-12(26-7(2)22)13(27-8(3)23)11(14(16)28-9)20-10(24)4-15(17,18)19/h9,11-14H,4-5H2,1-3H3,(H,20,24)/t9-,11-,12-,13-,14+/m1/s1. The number of hydrogen-bond donors (Lipinski definition) is 1. The number of rotatable bonds is 6. The minimum atomic E-state index is -1.84. The van der Waals surface area contributed by atoms with Gasteiger partial charge in [0.25, 0.3) is 0 Å². The molecule has 1 amide bonds. The summed E-state index contributed by atoms with van der Waals surface area (Å²) in [6, 6.07) is -0.998. The van der Waals surface area contributed by atoms with Crippen LogP contribution in [0.25, 0.3) is 0 Å². The minimum Gasteiger partial charge on any atom is -0.463 e. The molecule has 0 unspecified atom stereocenters. The maximum absolute atomic E-state index is 12.2. The second kappa shape index (κ2) is 10.8. The van der Waals surface area contributed by atoms with E-state index in [0.717, 1.165) is 13.8 Å². The van der Waals surface area contributed by atoms with Crippen LogP contribution >= 0.6 is 50.7 Å². The van der Waals surface area contributed by atoms with E-state index in [-0.39, 0.29) is 6.61 Å². The number of nitrogens with one attached hydrogen (secondary N) is 1. The van der Waals surface area contributed by atoms with E-state index >= 15 is 0 Å². The smallest absolute Gasteiger partial charge is 0.303 e. The Kier molecular flexibility index (Phi) is 9.75. The van der Waals surface area contributed by atoms with E-state index in [1.807, 2.05) is 0 Å². The lowest BCUT2D eigenvalue weighted by Crippen LogP contribution is -2.65. The average molecular weight is 528 g/mol. The summed E-state index contributed by atoms with van der Waals surface area (Å²) in [4.78, 5) is 46.4. The van der Waals surface area contributed by atoms with Gasteiger partial charge in [-0.1, -0.05) is 50.7 Å². The minimum absolute atomic E-state index is 0.276. The number of carbonyl (C=O) groups excluding carboxylic acids is 4. The van der Waals surface area contributed by atoms with Gasteiger partial charge in [-0.05, 0) is 0 Å². The average Bonchev–Trinajstić information content (AvgIpc) is 2.49. The highest BCUT2D eigenvalue weighted by molar-refractivity contribution is 9.09. The van der Waals surface area contributed by atoms with Crippen molar-refractivity contribution in [2.24, 2.45) is 0 Å². The number of halogens is 4. The van der Waals surface area contributed by atoms with Crippen LogP contribution in [-0.2, 0) is 38.1 Å². The van der Waals surface area contributed by atoms with Crippen molar-refractivity contribution in [3.8, 4) is 0 Å². The van der Waals surface area contributed by atoms with Crippen molar-refractivity contribution in [2.75, 3.05) is 6.61 Å². The summed E-state index contributed by atoms with van der Waals surface area (Å²) in [7, 11) is 0. The summed E-state index contributed by atoms with van der Waals surface area (Å²) in [6.45, 7) is 3.20. The molecule has 1 rings (SSSR count). The Balaban J connectivity index is 3.12. The van der Waals surface area contributed by atoms with Crippen molar-refractivity contribution in [2.45, 2.75) is 60.4 Å². The fraction of sp³-hybridized carbons (Fsp3) is 0.733. The Bertz CT molecular complexity index is 615. The molecule has 160 valence electrons. The van der Waals surface area contributed by atoms with Crippen LogP contribution in [0.3, 0.4) is 0 Å². The van der Waals surface area contributed by atoms with Crippen molar-refractivity contribution < 1.29 is 38.1 Å². The molecule has 1 saturated heterocycles. The molecule has 5 atom stereocenters. The van der Waals surface area contributed by atoms with Crippen LogP contribution in [-0.4, -0.2) is 63.6 Å². The van der Waals surface area contributed by atoms with Crippen molar-refractivity contribution >= 4 is 74.5 Å². The number of ether oxygens (including phenoxy) is 4. The number of carbonyl (C=O) groups is 4. The Labute approximate surface area is 184 Å². The molecule has 13 heteroatoms. The van der Waals surface area contributed by atoms with E-state index in [2.05, 4.69) is 21.2 Å². The van der Waals surface area contributed by atoms with E-state index in [0.29, 0.717) is 0 Å². The highest BCUT2D eigenvalue weighted by Crippen LogP contribution is 2.32. The van der Waals surface area contributed by atoms with Crippen LogP contribution < -0.4 is 5.32 Å². The fourth-order valence-corrected chi connectivity index (χ4v) is 3.54. The van der Waals surface area contributed by atoms with E-state index < -0.39 is 63.4 Å². The lowest BCUT2D eigenvalue weighted by Gasteiger charge is -2.43. The normalized spacial score (nSPS) is 27.5. The topological polar surface area (TPSA) is 117 Å². The van der Waals surface area contributed by atoms with Gasteiger partial charge < -0.3 is 24.3 Å². The molecular formula is C15H19BrCl3NO8. The summed E-state index contributed by atoms with van der Waals surface area (Å²) < 4.78 is 19.2. The second-order valence-corrected chi connectivity index (χ2v) is 9.28. The van der Waals surface area contributed by atoms with Crippen molar-refractivity contribution in [1.82, 2.24) is 5.32 Å². The lowest BCUT2D eigenvalue weighted by molar-refractivity contribution is -0.211. The van der Waals surface area contributed by atoms with Crippen LogP contribution in [0.2, 0.25) is 0 Å². The van der Waals surface area contributed by atoms with Gasteiger partial charge in [0.15, 0.2) is 16.0 Å². The van der Waals surface area contributed by atoms with Gasteiger partial charge in [-0.3, -0.25) is 19.2 Å². The van der Waals surface area contributed by atoms with E-state index in [9.17, 15) is 19.2 Å². The molecule has 1 N–H and O–H groups in total. The summed E-state index contributed by atoms with van der Waals surface area (Å²) in [5.74, 6) is -2.65. The zero-order valence-electron chi connectivity index (χ0n) is 15.1. The third kappa shape index (κ3) is 8.69. The molecule has 1 aliphatic heterocycles. The van der Waals surface area contributed by atoms with Gasteiger partial charge in [0.2, 0.25) is 5.91 Å². The molecule has 0 spiro atoms. The molecule has 28 heavy (non-hydrogen) atoms. The van der Waals surface area contributed by atoms with E-state index in [4.69, 9.17) is 53.8 Å². The molecule has 9 nitrogen and oxygen atoms in total. The zero-order valence-corrected chi connectivity index (χ0v) is 18.9. The fourth-order valence-electron chi connectivity index (χ4n) is 2.46. The first-order chi connectivity index (χ1) is 12.8. The maximum atomic E-state index is 12.2. The predicted octanol–water partition coefficient (Wildman–Crippen LogP) is 1.78. The molecule has 1 heterocycles. The Morgan fingerprint density at radius 1 is 1.00 bits per heavy atom. The predicted molar refractivity (Wildman–Crippen MR) is 102 cm³/mol.